The zero-order valence-electron chi connectivity index (χ0n) is 12.0. The highest BCUT2D eigenvalue weighted by Crippen LogP contribution is 2.40. The van der Waals surface area contributed by atoms with Crippen LogP contribution in [0.1, 0.15) is 37.7 Å². The number of hydrogen-bond acceptors (Lipinski definition) is 3. The van der Waals surface area contributed by atoms with Crippen LogP contribution in [0.5, 0.6) is 0 Å². The van der Waals surface area contributed by atoms with Crippen molar-refractivity contribution < 1.29 is 9.47 Å². The Hall–Kier alpha value is -1.06. The van der Waals surface area contributed by atoms with Gasteiger partial charge in [-0.1, -0.05) is 18.2 Å². The second kappa shape index (κ2) is 5.05. The van der Waals surface area contributed by atoms with E-state index in [4.69, 9.17) is 9.47 Å². The van der Waals surface area contributed by atoms with Crippen LogP contribution in [0, 0.1) is 0 Å². The fourth-order valence-corrected chi connectivity index (χ4v) is 4.08. The smallest absolute Gasteiger partial charge is 0.168 e. The minimum atomic E-state index is -0.230. The van der Waals surface area contributed by atoms with Gasteiger partial charge in [-0.15, -0.1) is 0 Å². The van der Waals surface area contributed by atoms with Crippen molar-refractivity contribution in [2.75, 3.05) is 24.7 Å². The average molecular weight is 273 g/mol. The highest BCUT2D eigenvalue weighted by atomic mass is 16.7. The first-order chi connectivity index (χ1) is 9.86. The van der Waals surface area contributed by atoms with E-state index in [1.54, 1.807) is 0 Å². The second-order valence-corrected chi connectivity index (χ2v) is 6.26. The molecular weight excluding hydrogens is 250 g/mol. The average Bonchev–Trinajstić information content (AvgIpc) is 2.96. The lowest BCUT2D eigenvalue weighted by atomic mass is 9.87. The molecule has 1 aromatic carbocycles. The van der Waals surface area contributed by atoms with Crippen LogP contribution in [0.15, 0.2) is 24.3 Å². The van der Waals surface area contributed by atoms with Crippen LogP contribution in [0.2, 0.25) is 0 Å². The first-order valence-electron chi connectivity index (χ1n) is 7.99. The molecule has 2 aliphatic heterocycles. The molecule has 108 valence electrons. The fraction of sp³-hybridized carbons (Fsp3) is 0.647. The molecule has 0 radical (unpaired) electrons. The summed E-state index contributed by atoms with van der Waals surface area (Å²) in [7, 11) is 0. The third kappa shape index (κ3) is 2.13. The van der Waals surface area contributed by atoms with E-state index in [9.17, 15) is 0 Å². The second-order valence-electron chi connectivity index (χ2n) is 6.26. The molecule has 2 fully saturated rings. The Morgan fingerprint density at radius 3 is 2.60 bits per heavy atom. The minimum absolute atomic E-state index is 0.230. The first-order valence-corrected chi connectivity index (χ1v) is 7.99. The lowest BCUT2D eigenvalue weighted by molar-refractivity contribution is -0.178. The number of rotatable bonds is 1. The maximum atomic E-state index is 5.85. The number of aryl methyl sites for hydroxylation is 1. The third-order valence-corrected chi connectivity index (χ3v) is 5.12. The van der Waals surface area contributed by atoms with Crippen LogP contribution in [-0.4, -0.2) is 31.6 Å². The van der Waals surface area contributed by atoms with Gasteiger partial charge in [0.15, 0.2) is 5.79 Å². The molecule has 1 spiro atoms. The Labute approximate surface area is 120 Å². The van der Waals surface area contributed by atoms with Crippen molar-refractivity contribution in [2.45, 2.75) is 50.4 Å². The van der Waals surface area contributed by atoms with Gasteiger partial charge in [-0.2, -0.15) is 0 Å². The lowest BCUT2D eigenvalue weighted by Crippen LogP contribution is -2.46. The molecule has 4 rings (SSSR count). The van der Waals surface area contributed by atoms with Crippen LogP contribution in [0.4, 0.5) is 5.69 Å². The van der Waals surface area contributed by atoms with E-state index < -0.39 is 0 Å². The van der Waals surface area contributed by atoms with Crippen molar-refractivity contribution in [2.24, 2.45) is 0 Å². The Morgan fingerprint density at radius 2 is 1.80 bits per heavy atom. The number of nitrogens with zero attached hydrogens (tertiary/aromatic N) is 1. The van der Waals surface area contributed by atoms with Gasteiger partial charge in [0.05, 0.1) is 13.2 Å². The summed E-state index contributed by atoms with van der Waals surface area (Å²) < 4.78 is 11.7. The quantitative estimate of drug-likeness (QED) is 0.784. The molecule has 0 unspecified atom stereocenters. The van der Waals surface area contributed by atoms with Crippen molar-refractivity contribution in [1.29, 1.82) is 0 Å². The van der Waals surface area contributed by atoms with Gasteiger partial charge in [-0.25, -0.2) is 0 Å². The molecule has 1 saturated carbocycles. The molecule has 3 heteroatoms. The van der Waals surface area contributed by atoms with Gasteiger partial charge in [0.1, 0.15) is 0 Å². The molecule has 0 bridgehead atoms. The van der Waals surface area contributed by atoms with Crippen LogP contribution in [-0.2, 0) is 15.9 Å². The van der Waals surface area contributed by atoms with E-state index in [1.807, 2.05) is 0 Å². The van der Waals surface area contributed by atoms with E-state index in [-0.39, 0.29) is 5.79 Å². The van der Waals surface area contributed by atoms with Crippen LogP contribution in [0.3, 0.4) is 0 Å². The molecule has 0 aromatic heterocycles. The highest BCUT2D eigenvalue weighted by molar-refractivity contribution is 5.56. The number of ether oxygens (including phenoxy) is 2. The summed E-state index contributed by atoms with van der Waals surface area (Å²) in [6, 6.07) is 9.58. The SMILES string of the molecule is c1ccc2c(c1)CCCN2C1CCC2(CC1)OCCO2. The van der Waals surface area contributed by atoms with Crippen LogP contribution >= 0.6 is 0 Å². The van der Waals surface area contributed by atoms with Crippen LogP contribution in [0.25, 0.3) is 0 Å². The largest absolute Gasteiger partial charge is 0.368 e. The summed E-state index contributed by atoms with van der Waals surface area (Å²) >= 11 is 0. The number of anilines is 1. The van der Waals surface area contributed by atoms with Gasteiger partial charge in [-0.3, -0.25) is 0 Å². The van der Waals surface area contributed by atoms with E-state index in [0.29, 0.717) is 6.04 Å². The normalized spacial score (nSPS) is 25.9. The van der Waals surface area contributed by atoms with Crippen LogP contribution < -0.4 is 4.90 Å². The lowest BCUT2D eigenvalue weighted by Gasteiger charge is -2.43. The third-order valence-electron chi connectivity index (χ3n) is 5.12. The maximum Gasteiger partial charge on any atom is 0.168 e. The van der Waals surface area contributed by atoms with Crippen molar-refractivity contribution in [1.82, 2.24) is 0 Å². The molecule has 20 heavy (non-hydrogen) atoms. The van der Waals surface area contributed by atoms with Gasteiger partial charge < -0.3 is 14.4 Å². The van der Waals surface area contributed by atoms with Crippen molar-refractivity contribution in [3.05, 3.63) is 29.8 Å². The fourth-order valence-electron chi connectivity index (χ4n) is 4.08. The maximum absolute atomic E-state index is 5.85. The number of para-hydroxylation sites is 1. The summed E-state index contributed by atoms with van der Waals surface area (Å²) in [6.07, 6.45) is 7.00. The molecule has 1 aromatic rings. The standard InChI is InChI=1S/C17H23NO2/c1-2-6-16-14(4-1)5-3-11-18(16)15-7-9-17(10-8-15)19-12-13-20-17/h1-2,4,6,15H,3,5,7-13H2. The number of benzene rings is 1. The van der Waals surface area contributed by atoms with E-state index >= 15 is 0 Å². The first kappa shape index (κ1) is 12.7. The molecule has 0 N–H and O–H groups in total. The van der Waals surface area contributed by atoms with Gasteiger partial charge in [-0.05, 0) is 37.3 Å². The number of hydrogen-bond donors (Lipinski definition) is 0. The molecule has 3 aliphatic rings. The predicted molar refractivity (Wildman–Crippen MR) is 79.0 cm³/mol. The van der Waals surface area contributed by atoms with Gasteiger partial charge in [0.25, 0.3) is 0 Å². The van der Waals surface area contributed by atoms with E-state index in [0.717, 1.165) is 26.1 Å². The Bertz CT molecular complexity index is 472. The molecule has 1 aliphatic carbocycles. The molecule has 2 heterocycles. The van der Waals surface area contributed by atoms with Gasteiger partial charge in [0.2, 0.25) is 0 Å². The van der Waals surface area contributed by atoms with E-state index in [1.165, 1.54) is 43.5 Å². The Kier molecular flexibility index (Phi) is 3.20. The molecular formula is C17H23NO2. The summed E-state index contributed by atoms with van der Waals surface area (Å²) in [5.74, 6) is -0.230. The van der Waals surface area contributed by atoms with Gasteiger partial charge in [0, 0.05) is 31.1 Å². The summed E-state index contributed by atoms with van der Waals surface area (Å²) in [4.78, 5) is 2.64. The Balaban J connectivity index is 1.50. The molecule has 1 saturated heterocycles. The summed E-state index contributed by atoms with van der Waals surface area (Å²) in [5, 5.41) is 0. The van der Waals surface area contributed by atoms with Crippen molar-refractivity contribution in [3.63, 3.8) is 0 Å². The highest BCUT2D eigenvalue weighted by Gasteiger charge is 2.41. The molecule has 3 nitrogen and oxygen atoms in total. The molecule has 0 atom stereocenters. The molecule has 0 amide bonds. The van der Waals surface area contributed by atoms with E-state index in [2.05, 4.69) is 29.2 Å². The predicted octanol–water partition coefficient (Wildman–Crippen LogP) is 3.12. The van der Waals surface area contributed by atoms with Gasteiger partial charge >= 0.3 is 0 Å². The van der Waals surface area contributed by atoms with Crippen molar-refractivity contribution in [3.8, 4) is 0 Å². The zero-order valence-corrected chi connectivity index (χ0v) is 12.0. The summed E-state index contributed by atoms with van der Waals surface area (Å²) in [6.45, 7) is 2.75. The topological polar surface area (TPSA) is 21.7 Å². The van der Waals surface area contributed by atoms with Crippen molar-refractivity contribution >= 4 is 5.69 Å². The Morgan fingerprint density at radius 1 is 1.05 bits per heavy atom. The minimum Gasteiger partial charge on any atom is -0.368 e. The zero-order chi connectivity index (χ0) is 13.4. The monoisotopic (exact) mass is 273 g/mol. The summed E-state index contributed by atoms with van der Waals surface area (Å²) in [5.41, 5.74) is 2.99. The number of fused-ring (bicyclic) bond motifs is 1.